The number of benzene rings is 1. The normalized spacial score (nSPS) is 12.8. The minimum Gasteiger partial charge on any atom is -0.383 e. The molecule has 0 aliphatic rings. The average Bonchev–Trinajstić information content (AvgIpc) is 2.22. The highest BCUT2D eigenvalue weighted by Gasteiger charge is 2.04. The molecule has 0 bridgehead atoms. The van der Waals surface area contributed by atoms with Gasteiger partial charge in [0.05, 0.1) is 6.61 Å². The molecule has 1 aromatic rings. The van der Waals surface area contributed by atoms with Gasteiger partial charge in [0.15, 0.2) is 0 Å². The molecule has 0 fully saturated rings. The molecule has 0 aliphatic carbocycles. The molecule has 0 saturated carbocycles. The van der Waals surface area contributed by atoms with Crippen LogP contribution in [-0.2, 0) is 4.74 Å². The van der Waals surface area contributed by atoms with Crippen LogP contribution >= 0.6 is 0 Å². The number of aryl methyl sites for hydroxylation is 2. The van der Waals surface area contributed by atoms with Gasteiger partial charge in [0.2, 0.25) is 0 Å². The molecule has 0 spiro atoms. The maximum atomic E-state index is 5.01. The zero-order chi connectivity index (χ0) is 11.3. The van der Waals surface area contributed by atoms with Crippen LogP contribution in [0.2, 0.25) is 0 Å². The summed E-state index contributed by atoms with van der Waals surface area (Å²) in [6, 6.07) is 7.01. The second kappa shape index (κ2) is 5.89. The Hall–Kier alpha value is -0.860. The van der Waals surface area contributed by atoms with Gasteiger partial charge in [-0.3, -0.25) is 0 Å². The number of nitrogens with one attached hydrogen (secondary N) is 1. The molecule has 0 radical (unpaired) electrons. The first-order chi connectivity index (χ1) is 7.15. The topological polar surface area (TPSA) is 21.3 Å². The average molecular weight is 207 g/mol. The Morgan fingerprint density at radius 3 is 2.60 bits per heavy atom. The Morgan fingerprint density at radius 1 is 1.27 bits per heavy atom. The lowest BCUT2D eigenvalue weighted by Gasteiger charge is -2.15. The summed E-state index contributed by atoms with van der Waals surface area (Å²) in [5.74, 6) is 0. The van der Waals surface area contributed by atoms with E-state index in [4.69, 9.17) is 4.74 Å². The van der Waals surface area contributed by atoms with E-state index in [0.29, 0.717) is 6.04 Å². The van der Waals surface area contributed by atoms with Crippen molar-refractivity contribution in [2.75, 3.05) is 20.3 Å². The summed E-state index contributed by atoms with van der Waals surface area (Å²) in [6.45, 7) is 8.13. The lowest BCUT2D eigenvalue weighted by atomic mass is 10.0. The van der Waals surface area contributed by atoms with Crippen LogP contribution in [0.15, 0.2) is 18.2 Å². The summed E-state index contributed by atoms with van der Waals surface area (Å²) in [7, 11) is 1.72. The summed E-state index contributed by atoms with van der Waals surface area (Å²) in [5, 5.41) is 3.42. The molecule has 2 heteroatoms. The summed E-state index contributed by atoms with van der Waals surface area (Å²) in [5.41, 5.74) is 4.05. The molecule has 0 aromatic heterocycles. The van der Waals surface area contributed by atoms with Crippen LogP contribution in [0.3, 0.4) is 0 Å². The van der Waals surface area contributed by atoms with Crippen LogP contribution in [0.5, 0.6) is 0 Å². The fourth-order valence-corrected chi connectivity index (χ4v) is 1.53. The molecular formula is C13H21NO. The highest BCUT2D eigenvalue weighted by Crippen LogP contribution is 2.16. The van der Waals surface area contributed by atoms with Crippen molar-refractivity contribution in [1.82, 2.24) is 5.32 Å². The van der Waals surface area contributed by atoms with Crippen LogP contribution in [0.25, 0.3) is 0 Å². The van der Waals surface area contributed by atoms with E-state index in [9.17, 15) is 0 Å². The molecule has 84 valence electrons. The highest BCUT2D eigenvalue weighted by molar-refractivity contribution is 5.31. The maximum absolute atomic E-state index is 5.01. The molecule has 1 rings (SSSR count). The predicted molar refractivity (Wildman–Crippen MR) is 64.2 cm³/mol. The van der Waals surface area contributed by atoms with Gasteiger partial charge in [-0.1, -0.05) is 18.2 Å². The van der Waals surface area contributed by atoms with Crippen molar-refractivity contribution in [1.29, 1.82) is 0 Å². The Balaban J connectivity index is 2.57. The number of ether oxygens (including phenoxy) is 1. The number of rotatable bonds is 5. The van der Waals surface area contributed by atoms with Crippen molar-refractivity contribution in [2.24, 2.45) is 0 Å². The van der Waals surface area contributed by atoms with Crippen molar-refractivity contribution in [2.45, 2.75) is 26.8 Å². The van der Waals surface area contributed by atoms with E-state index in [2.05, 4.69) is 44.3 Å². The van der Waals surface area contributed by atoms with Crippen molar-refractivity contribution >= 4 is 0 Å². The molecule has 1 aromatic carbocycles. The molecule has 15 heavy (non-hydrogen) atoms. The van der Waals surface area contributed by atoms with Crippen molar-refractivity contribution < 1.29 is 4.74 Å². The smallest absolute Gasteiger partial charge is 0.0587 e. The van der Waals surface area contributed by atoms with Gasteiger partial charge in [-0.2, -0.15) is 0 Å². The third-order valence-electron chi connectivity index (χ3n) is 2.79. The van der Waals surface area contributed by atoms with Crippen molar-refractivity contribution in [3.05, 3.63) is 34.9 Å². The fourth-order valence-electron chi connectivity index (χ4n) is 1.53. The van der Waals surface area contributed by atoms with Gasteiger partial charge in [-0.25, -0.2) is 0 Å². The molecule has 0 heterocycles. The zero-order valence-electron chi connectivity index (χ0n) is 10.1. The Labute approximate surface area is 92.6 Å². The standard InChI is InChI=1S/C13H21NO/c1-10-5-6-13(9-11(10)2)12(3)14-7-8-15-4/h5-6,9,12,14H,7-8H2,1-4H3/t12-/m0/s1. The first-order valence-corrected chi connectivity index (χ1v) is 5.44. The zero-order valence-corrected chi connectivity index (χ0v) is 10.1. The lowest BCUT2D eigenvalue weighted by molar-refractivity contribution is 0.196. The third-order valence-corrected chi connectivity index (χ3v) is 2.79. The lowest BCUT2D eigenvalue weighted by Crippen LogP contribution is -2.22. The molecule has 0 amide bonds. The molecule has 1 atom stereocenters. The Bertz CT molecular complexity index is 309. The van der Waals surface area contributed by atoms with Crippen molar-refractivity contribution in [3.63, 3.8) is 0 Å². The summed E-state index contributed by atoms with van der Waals surface area (Å²) in [4.78, 5) is 0. The van der Waals surface area contributed by atoms with Crippen LogP contribution in [0, 0.1) is 13.8 Å². The van der Waals surface area contributed by atoms with E-state index in [-0.39, 0.29) is 0 Å². The highest BCUT2D eigenvalue weighted by atomic mass is 16.5. The molecule has 0 saturated heterocycles. The van der Waals surface area contributed by atoms with E-state index in [0.717, 1.165) is 13.2 Å². The van der Waals surface area contributed by atoms with Gasteiger partial charge in [-0.15, -0.1) is 0 Å². The van der Waals surface area contributed by atoms with Crippen LogP contribution in [0.1, 0.15) is 29.7 Å². The number of hydrogen-bond acceptors (Lipinski definition) is 2. The third kappa shape index (κ3) is 3.65. The van der Waals surface area contributed by atoms with Gasteiger partial charge in [0.25, 0.3) is 0 Å². The molecular weight excluding hydrogens is 186 g/mol. The van der Waals surface area contributed by atoms with Crippen LogP contribution < -0.4 is 5.32 Å². The van der Waals surface area contributed by atoms with E-state index < -0.39 is 0 Å². The molecule has 2 nitrogen and oxygen atoms in total. The van der Waals surface area contributed by atoms with Gasteiger partial charge < -0.3 is 10.1 Å². The second-order valence-electron chi connectivity index (χ2n) is 4.01. The maximum Gasteiger partial charge on any atom is 0.0587 e. The second-order valence-corrected chi connectivity index (χ2v) is 4.01. The first kappa shape index (κ1) is 12.2. The van der Waals surface area contributed by atoms with Gasteiger partial charge in [0.1, 0.15) is 0 Å². The van der Waals surface area contributed by atoms with Crippen LogP contribution in [-0.4, -0.2) is 20.3 Å². The first-order valence-electron chi connectivity index (χ1n) is 5.44. The summed E-state index contributed by atoms with van der Waals surface area (Å²) >= 11 is 0. The number of hydrogen-bond donors (Lipinski definition) is 1. The number of methoxy groups -OCH3 is 1. The minimum absolute atomic E-state index is 0.388. The largest absolute Gasteiger partial charge is 0.383 e. The summed E-state index contributed by atoms with van der Waals surface area (Å²) in [6.07, 6.45) is 0. The quantitative estimate of drug-likeness (QED) is 0.749. The fraction of sp³-hybridized carbons (Fsp3) is 0.538. The van der Waals surface area contributed by atoms with E-state index in [1.165, 1.54) is 16.7 Å². The van der Waals surface area contributed by atoms with E-state index in [1.807, 2.05) is 0 Å². The molecule has 1 N–H and O–H groups in total. The van der Waals surface area contributed by atoms with Gasteiger partial charge >= 0.3 is 0 Å². The molecule has 0 aliphatic heterocycles. The minimum atomic E-state index is 0.388. The SMILES string of the molecule is COCCN[C@@H](C)c1ccc(C)c(C)c1. The van der Waals surface area contributed by atoms with Gasteiger partial charge in [-0.05, 0) is 37.5 Å². The summed E-state index contributed by atoms with van der Waals surface area (Å²) < 4.78 is 5.01. The monoisotopic (exact) mass is 207 g/mol. The van der Waals surface area contributed by atoms with Gasteiger partial charge in [0, 0.05) is 19.7 Å². The predicted octanol–water partition coefficient (Wildman–Crippen LogP) is 2.60. The van der Waals surface area contributed by atoms with E-state index >= 15 is 0 Å². The van der Waals surface area contributed by atoms with Crippen LogP contribution in [0.4, 0.5) is 0 Å². The Kier molecular flexibility index (Phi) is 4.79. The van der Waals surface area contributed by atoms with Crippen molar-refractivity contribution in [3.8, 4) is 0 Å². The molecule has 0 unspecified atom stereocenters. The van der Waals surface area contributed by atoms with E-state index in [1.54, 1.807) is 7.11 Å². The Morgan fingerprint density at radius 2 is 2.00 bits per heavy atom.